The molecule has 1 heterocycles. The minimum absolute atomic E-state index is 0.0617. The molecule has 2 aliphatic rings. The number of methoxy groups -OCH3 is 1. The number of aliphatic hydroxyl groups is 1. The van der Waals surface area contributed by atoms with Gasteiger partial charge in [-0.15, -0.1) is 0 Å². The van der Waals surface area contributed by atoms with Crippen molar-refractivity contribution in [1.29, 1.82) is 0 Å². The van der Waals surface area contributed by atoms with Crippen LogP contribution >= 0.6 is 0 Å². The van der Waals surface area contributed by atoms with E-state index in [0.717, 1.165) is 49.3 Å². The zero-order chi connectivity index (χ0) is 19.1. The van der Waals surface area contributed by atoms with Crippen molar-refractivity contribution >= 4 is 11.8 Å². The lowest BCUT2D eigenvalue weighted by atomic mass is 9.91. The molecule has 1 unspecified atom stereocenters. The number of hydrogen-bond donors (Lipinski definition) is 2. The number of rotatable bonds is 6. The Morgan fingerprint density at radius 2 is 2.11 bits per heavy atom. The van der Waals surface area contributed by atoms with Crippen molar-refractivity contribution in [3.8, 4) is 5.75 Å². The molecule has 3 atom stereocenters. The van der Waals surface area contributed by atoms with E-state index in [4.69, 9.17) is 14.3 Å². The number of hydrogen-bond acceptors (Lipinski definition) is 6. The average molecular weight is 374 g/mol. The van der Waals surface area contributed by atoms with Crippen molar-refractivity contribution in [2.45, 2.75) is 50.9 Å². The van der Waals surface area contributed by atoms with Crippen molar-refractivity contribution in [2.75, 3.05) is 26.9 Å². The van der Waals surface area contributed by atoms with Crippen molar-refractivity contribution in [3.05, 3.63) is 35.4 Å². The fourth-order valence-electron chi connectivity index (χ4n) is 3.56. The van der Waals surface area contributed by atoms with Crippen LogP contribution in [0.1, 0.15) is 38.2 Å². The van der Waals surface area contributed by atoms with Crippen LogP contribution in [0.15, 0.2) is 35.0 Å². The lowest BCUT2D eigenvalue weighted by Crippen LogP contribution is -2.52. The van der Waals surface area contributed by atoms with Crippen molar-refractivity contribution in [3.63, 3.8) is 0 Å². The minimum Gasteiger partial charge on any atom is -0.496 e. The van der Waals surface area contributed by atoms with Crippen molar-refractivity contribution in [1.82, 2.24) is 5.32 Å². The highest BCUT2D eigenvalue weighted by Gasteiger charge is 2.30. The number of ether oxygens (including phenoxy) is 2. The van der Waals surface area contributed by atoms with Crippen LogP contribution in [0.2, 0.25) is 0 Å². The van der Waals surface area contributed by atoms with Crippen LogP contribution in [-0.4, -0.2) is 55.9 Å². The molecule has 0 amide bonds. The van der Waals surface area contributed by atoms with Crippen molar-refractivity contribution < 1.29 is 19.4 Å². The summed E-state index contributed by atoms with van der Waals surface area (Å²) in [5.41, 5.74) is 3.16. The third-order valence-electron chi connectivity index (χ3n) is 5.06. The molecule has 0 radical (unpaired) electrons. The topological polar surface area (TPSA) is 72.3 Å². The second kappa shape index (κ2) is 9.88. The standard InChI is InChI=1S/C21H30N2O4/c1-15(24)21(19-14-26-12-11-22-19)27-23-18-9-5-3-7-16(18)13-17-8-4-6-10-20(17)25-2/h4,6,8,10,13,15,19,21-22,24H,3,5,7,9,11-12,14H2,1-2H3/b16-13?,23-18+/t15-,19?,21-/m1/s1. The molecule has 1 saturated carbocycles. The summed E-state index contributed by atoms with van der Waals surface area (Å²) in [6.45, 7) is 3.69. The summed E-state index contributed by atoms with van der Waals surface area (Å²) in [5.74, 6) is 0.848. The van der Waals surface area contributed by atoms with E-state index in [9.17, 15) is 5.11 Å². The Bertz CT molecular complexity index is 666. The number of benzene rings is 1. The maximum atomic E-state index is 10.1. The molecule has 1 aromatic rings. The third kappa shape index (κ3) is 5.31. The van der Waals surface area contributed by atoms with E-state index in [1.807, 2.05) is 24.3 Å². The van der Waals surface area contributed by atoms with Gasteiger partial charge in [-0.3, -0.25) is 0 Å². The van der Waals surface area contributed by atoms with Crippen LogP contribution in [0, 0.1) is 0 Å². The number of aliphatic hydroxyl groups excluding tert-OH is 1. The molecule has 0 spiro atoms. The summed E-state index contributed by atoms with van der Waals surface area (Å²) in [6, 6.07) is 7.91. The highest BCUT2D eigenvalue weighted by Crippen LogP contribution is 2.27. The van der Waals surface area contributed by atoms with Crippen LogP contribution in [0.5, 0.6) is 5.75 Å². The molecule has 2 N–H and O–H groups in total. The predicted molar refractivity (Wildman–Crippen MR) is 106 cm³/mol. The smallest absolute Gasteiger partial charge is 0.170 e. The van der Waals surface area contributed by atoms with Crippen LogP contribution in [0.3, 0.4) is 0 Å². The Morgan fingerprint density at radius 3 is 2.85 bits per heavy atom. The summed E-state index contributed by atoms with van der Waals surface area (Å²) < 4.78 is 11.0. The number of oxime groups is 1. The van der Waals surface area contributed by atoms with Crippen LogP contribution in [0.4, 0.5) is 0 Å². The molecule has 1 saturated heterocycles. The van der Waals surface area contributed by atoms with E-state index in [1.54, 1.807) is 14.0 Å². The summed E-state index contributed by atoms with van der Waals surface area (Å²) in [4.78, 5) is 5.83. The number of nitrogens with zero attached hydrogens (tertiary/aromatic N) is 1. The Morgan fingerprint density at radius 1 is 1.30 bits per heavy atom. The normalized spacial score (nSPS) is 26.0. The number of nitrogens with one attached hydrogen (secondary N) is 1. The first-order valence-electron chi connectivity index (χ1n) is 9.75. The second-order valence-corrected chi connectivity index (χ2v) is 7.10. The van der Waals surface area contributed by atoms with Crippen LogP contribution in [-0.2, 0) is 9.57 Å². The number of morpholine rings is 1. The van der Waals surface area contributed by atoms with E-state index in [1.165, 1.54) is 5.57 Å². The van der Waals surface area contributed by atoms with Gasteiger partial charge in [-0.25, -0.2) is 0 Å². The van der Waals surface area contributed by atoms with Gasteiger partial charge in [0.25, 0.3) is 0 Å². The van der Waals surface area contributed by atoms with E-state index in [2.05, 4.69) is 16.5 Å². The van der Waals surface area contributed by atoms with Gasteiger partial charge in [0, 0.05) is 12.1 Å². The summed E-state index contributed by atoms with van der Waals surface area (Å²) in [6.07, 6.45) is 5.13. The first kappa shape index (κ1) is 19.9. The fraction of sp³-hybridized carbons (Fsp3) is 0.571. The zero-order valence-electron chi connectivity index (χ0n) is 16.2. The largest absolute Gasteiger partial charge is 0.496 e. The molecule has 6 heteroatoms. The Balaban J connectivity index is 1.78. The second-order valence-electron chi connectivity index (χ2n) is 7.10. The first-order valence-corrected chi connectivity index (χ1v) is 9.75. The van der Waals surface area contributed by atoms with Gasteiger partial charge in [0.15, 0.2) is 6.10 Å². The van der Waals surface area contributed by atoms with Gasteiger partial charge in [-0.2, -0.15) is 0 Å². The van der Waals surface area contributed by atoms with Crippen molar-refractivity contribution in [2.24, 2.45) is 5.16 Å². The third-order valence-corrected chi connectivity index (χ3v) is 5.06. The van der Waals surface area contributed by atoms with E-state index in [-0.39, 0.29) is 6.04 Å². The molecule has 0 bridgehead atoms. The quantitative estimate of drug-likeness (QED) is 0.749. The lowest BCUT2D eigenvalue weighted by molar-refractivity contribution is -0.0752. The fourth-order valence-corrected chi connectivity index (χ4v) is 3.56. The highest BCUT2D eigenvalue weighted by atomic mass is 16.6. The zero-order valence-corrected chi connectivity index (χ0v) is 16.2. The first-order chi connectivity index (χ1) is 13.2. The number of allylic oxidation sites excluding steroid dienone is 1. The van der Waals surface area contributed by atoms with Gasteiger partial charge < -0.3 is 24.7 Å². The maximum absolute atomic E-state index is 10.1. The molecule has 1 aliphatic heterocycles. The molecule has 27 heavy (non-hydrogen) atoms. The molecule has 3 rings (SSSR count). The summed E-state index contributed by atoms with van der Waals surface area (Å²) >= 11 is 0. The molecule has 148 valence electrons. The molecular weight excluding hydrogens is 344 g/mol. The Labute approximate surface area is 161 Å². The van der Waals surface area contributed by atoms with E-state index in [0.29, 0.717) is 13.2 Å². The Hall–Kier alpha value is -1.89. The van der Waals surface area contributed by atoms with E-state index < -0.39 is 12.2 Å². The molecule has 1 aromatic carbocycles. The van der Waals surface area contributed by atoms with Gasteiger partial charge in [0.05, 0.1) is 38.2 Å². The SMILES string of the molecule is COc1ccccc1C=C1CCCC/C1=N\O[C@@H](C1COCCN1)[C@@H](C)O. The molecule has 1 aliphatic carbocycles. The average Bonchev–Trinajstić information content (AvgIpc) is 2.70. The maximum Gasteiger partial charge on any atom is 0.170 e. The summed E-state index contributed by atoms with van der Waals surface area (Å²) in [5, 5.41) is 18.0. The van der Waals surface area contributed by atoms with E-state index >= 15 is 0 Å². The minimum atomic E-state index is -0.640. The van der Waals surface area contributed by atoms with Gasteiger partial charge in [-0.05, 0) is 50.3 Å². The Kier molecular flexibility index (Phi) is 7.26. The van der Waals surface area contributed by atoms with Crippen LogP contribution in [0.25, 0.3) is 6.08 Å². The lowest BCUT2D eigenvalue weighted by Gasteiger charge is -2.31. The van der Waals surface area contributed by atoms with Crippen LogP contribution < -0.4 is 10.1 Å². The summed E-state index contributed by atoms with van der Waals surface area (Å²) in [7, 11) is 1.68. The van der Waals surface area contributed by atoms with Gasteiger partial charge in [-0.1, -0.05) is 23.4 Å². The van der Waals surface area contributed by atoms with Gasteiger partial charge in [0.1, 0.15) is 5.75 Å². The molecule has 6 nitrogen and oxygen atoms in total. The predicted octanol–water partition coefficient (Wildman–Crippen LogP) is 2.76. The van der Waals surface area contributed by atoms with Gasteiger partial charge in [0.2, 0.25) is 0 Å². The monoisotopic (exact) mass is 374 g/mol. The van der Waals surface area contributed by atoms with Gasteiger partial charge >= 0.3 is 0 Å². The highest BCUT2D eigenvalue weighted by molar-refractivity contribution is 6.04. The number of para-hydroxylation sites is 1. The molecule has 0 aromatic heterocycles. The molecule has 2 fully saturated rings. The molecular formula is C21H30N2O4.